The second-order valence-electron chi connectivity index (χ2n) is 5.96. The summed E-state index contributed by atoms with van der Waals surface area (Å²) < 4.78 is 0. The molecule has 0 bridgehead atoms. The van der Waals surface area contributed by atoms with Crippen LogP contribution >= 0.6 is 0 Å². The van der Waals surface area contributed by atoms with Gasteiger partial charge in [-0.15, -0.1) is 0 Å². The summed E-state index contributed by atoms with van der Waals surface area (Å²) in [4.78, 5) is 20.4. The highest BCUT2D eigenvalue weighted by molar-refractivity contribution is 5.54. The van der Waals surface area contributed by atoms with E-state index in [0.29, 0.717) is 0 Å². The largest absolute Gasteiger partial charge is 0.269 e. The van der Waals surface area contributed by atoms with Gasteiger partial charge in [-0.1, -0.05) is 72.9 Å². The fraction of sp³-hybridized carbons (Fsp3) is 0. The first-order valence-electron chi connectivity index (χ1n) is 9.06. The minimum absolute atomic E-state index is 0.0771. The van der Waals surface area contributed by atoms with E-state index in [0.717, 1.165) is 11.1 Å². The maximum atomic E-state index is 10.6. The van der Waals surface area contributed by atoms with E-state index in [-0.39, 0.29) is 11.4 Å². The summed E-state index contributed by atoms with van der Waals surface area (Å²) in [6, 6.07) is 12.7. The molecule has 0 atom stereocenters. The molecule has 0 amide bonds. The van der Waals surface area contributed by atoms with Crippen molar-refractivity contribution in [3.05, 3.63) is 141 Å². The first-order chi connectivity index (χ1) is 14.6. The zero-order valence-electron chi connectivity index (χ0n) is 16.1. The highest BCUT2D eigenvalue weighted by Crippen LogP contribution is 2.13. The molecule has 0 saturated heterocycles. The van der Waals surface area contributed by atoms with Gasteiger partial charge in [0, 0.05) is 24.3 Å². The lowest BCUT2D eigenvalue weighted by molar-refractivity contribution is -0.385. The molecule has 2 aromatic rings. The fourth-order valence-corrected chi connectivity index (χ4v) is 2.26. The van der Waals surface area contributed by atoms with Crippen molar-refractivity contribution in [3.8, 4) is 0 Å². The SMILES string of the molecule is O=[N+]([O-])c1ccc(/C=C/C=C/C=C/C=C/C=C/C=C/c2ccc([N+](=O)[O-])cc2)cc1. The summed E-state index contributed by atoms with van der Waals surface area (Å²) >= 11 is 0. The van der Waals surface area contributed by atoms with E-state index < -0.39 is 9.85 Å². The number of rotatable bonds is 9. The molecule has 0 saturated carbocycles. The first kappa shape index (κ1) is 22.0. The van der Waals surface area contributed by atoms with Crippen molar-refractivity contribution in [1.82, 2.24) is 0 Å². The summed E-state index contributed by atoms with van der Waals surface area (Å²) in [7, 11) is 0. The van der Waals surface area contributed by atoms with Crippen molar-refractivity contribution in [2.75, 3.05) is 0 Å². The smallest absolute Gasteiger partial charge is 0.258 e. The van der Waals surface area contributed by atoms with Crippen molar-refractivity contribution in [3.63, 3.8) is 0 Å². The van der Waals surface area contributed by atoms with E-state index in [9.17, 15) is 20.2 Å². The van der Waals surface area contributed by atoms with Crippen molar-refractivity contribution >= 4 is 23.5 Å². The van der Waals surface area contributed by atoms with E-state index in [4.69, 9.17) is 0 Å². The summed E-state index contributed by atoms with van der Waals surface area (Å²) in [5.41, 5.74) is 1.93. The molecule has 0 aliphatic rings. The van der Waals surface area contributed by atoms with Crippen molar-refractivity contribution in [1.29, 1.82) is 0 Å². The lowest BCUT2D eigenvalue weighted by atomic mass is 10.2. The molecule has 0 heterocycles. The Morgan fingerprint density at radius 3 is 1.00 bits per heavy atom. The molecule has 6 nitrogen and oxygen atoms in total. The number of non-ortho nitro benzene ring substituents is 2. The standard InChI is InChI=1S/C24H20N2O4/c27-25(28)23-17-13-21(14-18-23)11-9-7-5-3-1-2-4-6-8-10-12-22-15-19-24(20-16-22)26(29)30/h1-20H/b3-1+,4-2+,7-5+,8-6+,11-9+,12-10+. The van der Waals surface area contributed by atoms with E-state index in [2.05, 4.69) is 0 Å². The number of nitro benzene ring substituents is 2. The highest BCUT2D eigenvalue weighted by atomic mass is 16.6. The number of nitrogens with zero attached hydrogens (tertiary/aromatic N) is 2. The van der Waals surface area contributed by atoms with E-state index >= 15 is 0 Å². The van der Waals surface area contributed by atoms with Crippen LogP contribution in [0.5, 0.6) is 0 Å². The van der Waals surface area contributed by atoms with Crippen LogP contribution in [0.15, 0.2) is 109 Å². The average Bonchev–Trinajstić information content (AvgIpc) is 2.75. The normalized spacial score (nSPS) is 12.4. The van der Waals surface area contributed by atoms with Gasteiger partial charge in [-0.05, 0) is 35.4 Å². The lowest BCUT2D eigenvalue weighted by Crippen LogP contribution is -1.86. The molecular formula is C24H20N2O4. The minimum atomic E-state index is -0.420. The summed E-state index contributed by atoms with van der Waals surface area (Å²) in [5.74, 6) is 0. The third-order valence-electron chi connectivity index (χ3n) is 3.79. The number of hydrogen-bond acceptors (Lipinski definition) is 4. The molecule has 0 radical (unpaired) electrons. The molecule has 0 aliphatic carbocycles. The molecule has 0 aliphatic heterocycles. The Kier molecular flexibility index (Phi) is 8.94. The third kappa shape index (κ3) is 8.14. The van der Waals surface area contributed by atoms with Gasteiger partial charge in [0.25, 0.3) is 11.4 Å². The molecule has 2 aromatic carbocycles. The first-order valence-corrected chi connectivity index (χ1v) is 9.06. The van der Waals surface area contributed by atoms with Crippen LogP contribution in [0.25, 0.3) is 12.2 Å². The zero-order chi connectivity index (χ0) is 21.6. The second-order valence-corrected chi connectivity index (χ2v) is 5.96. The van der Waals surface area contributed by atoms with E-state index in [1.165, 1.54) is 24.3 Å². The number of allylic oxidation sites excluding steroid dienone is 10. The van der Waals surface area contributed by atoms with Crippen LogP contribution < -0.4 is 0 Å². The van der Waals surface area contributed by atoms with Crippen LogP contribution in [-0.4, -0.2) is 9.85 Å². The Balaban J connectivity index is 1.71. The van der Waals surface area contributed by atoms with Crippen LogP contribution in [0.4, 0.5) is 11.4 Å². The van der Waals surface area contributed by atoms with Crippen LogP contribution in [-0.2, 0) is 0 Å². The van der Waals surface area contributed by atoms with Crippen molar-refractivity contribution in [2.45, 2.75) is 0 Å². The van der Waals surface area contributed by atoms with Crippen molar-refractivity contribution in [2.24, 2.45) is 0 Å². The van der Waals surface area contributed by atoms with Crippen LogP contribution in [0, 0.1) is 20.2 Å². The predicted molar refractivity (Wildman–Crippen MR) is 121 cm³/mol. The maximum Gasteiger partial charge on any atom is 0.269 e. The van der Waals surface area contributed by atoms with Gasteiger partial charge in [0.2, 0.25) is 0 Å². The Labute approximate surface area is 174 Å². The summed E-state index contributed by atoms with van der Waals surface area (Å²) in [6.07, 6.45) is 22.5. The van der Waals surface area contributed by atoms with E-state index in [1.807, 2.05) is 72.9 Å². The van der Waals surface area contributed by atoms with Gasteiger partial charge >= 0.3 is 0 Å². The molecule has 0 N–H and O–H groups in total. The number of nitro groups is 2. The van der Waals surface area contributed by atoms with Crippen LogP contribution in [0.3, 0.4) is 0 Å². The molecule has 150 valence electrons. The van der Waals surface area contributed by atoms with E-state index in [1.54, 1.807) is 24.3 Å². The second kappa shape index (κ2) is 12.2. The molecule has 0 fully saturated rings. The number of hydrogen-bond donors (Lipinski definition) is 0. The summed E-state index contributed by atoms with van der Waals surface area (Å²) in [5, 5.41) is 21.2. The molecule has 0 spiro atoms. The minimum Gasteiger partial charge on any atom is -0.258 e. The molecule has 0 aromatic heterocycles. The quantitative estimate of drug-likeness (QED) is 0.275. The van der Waals surface area contributed by atoms with Gasteiger partial charge in [-0.2, -0.15) is 0 Å². The van der Waals surface area contributed by atoms with Crippen molar-refractivity contribution < 1.29 is 9.85 Å². The average molecular weight is 400 g/mol. The topological polar surface area (TPSA) is 86.3 Å². The molecular weight excluding hydrogens is 380 g/mol. The van der Waals surface area contributed by atoms with Gasteiger partial charge in [0.15, 0.2) is 0 Å². The zero-order valence-corrected chi connectivity index (χ0v) is 16.1. The lowest BCUT2D eigenvalue weighted by Gasteiger charge is -1.92. The Morgan fingerprint density at radius 1 is 0.467 bits per heavy atom. The Bertz CT molecular complexity index is 940. The predicted octanol–water partition coefficient (Wildman–Crippen LogP) is 6.45. The maximum absolute atomic E-state index is 10.6. The van der Waals surface area contributed by atoms with Gasteiger partial charge in [-0.25, -0.2) is 0 Å². The van der Waals surface area contributed by atoms with Gasteiger partial charge in [0.05, 0.1) is 9.85 Å². The summed E-state index contributed by atoms with van der Waals surface area (Å²) in [6.45, 7) is 0. The number of benzene rings is 2. The van der Waals surface area contributed by atoms with Gasteiger partial charge in [0.1, 0.15) is 0 Å². The molecule has 6 heteroatoms. The molecule has 30 heavy (non-hydrogen) atoms. The third-order valence-corrected chi connectivity index (χ3v) is 3.79. The van der Waals surface area contributed by atoms with Gasteiger partial charge < -0.3 is 0 Å². The van der Waals surface area contributed by atoms with Crippen LogP contribution in [0.2, 0.25) is 0 Å². The fourth-order valence-electron chi connectivity index (χ4n) is 2.26. The Morgan fingerprint density at radius 2 is 0.733 bits per heavy atom. The van der Waals surface area contributed by atoms with Crippen LogP contribution in [0.1, 0.15) is 11.1 Å². The van der Waals surface area contributed by atoms with Gasteiger partial charge in [-0.3, -0.25) is 20.2 Å². The Hall–Kier alpha value is -4.32. The monoisotopic (exact) mass is 400 g/mol. The molecule has 2 rings (SSSR count). The highest BCUT2D eigenvalue weighted by Gasteiger charge is 2.02. The molecule has 0 unspecified atom stereocenters.